The van der Waals surface area contributed by atoms with Crippen LogP contribution in [0.3, 0.4) is 0 Å². The Kier molecular flexibility index (Phi) is 3.75. The number of carbonyl (C=O) groups is 1. The molecule has 128 valence electrons. The first-order chi connectivity index (χ1) is 11.5. The van der Waals surface area contributed by atoms with Crippen molar-refractivity contribution in [3.8, 4) is 6.07 Å². The number of hydrogen-bond acceptors (Lipinski definition) is 2. The van der Waals surface area contributed by atoms with Gasteiger partial charge in [-0.3, -0.25) is 4.79 Å². The lowest BCUT2D eigenvalue weighted by Gasteiger charge is -2.55. The van der Waals surface area contributed by atoms with Crippen LogP contribution in [0.2, 0.25) is 0 Å². The third-order valence-corrected chi connectivity index (χ3v) is 8.37. The Bertz CT molecular complexity index is 641. The highest BCUT2D eigenvalue weighted by molar-refractivity contribution is 5.91. The Labute approximate surface area is 146 Å². The Morgan fingerprint density at radius 1 is 1.25 bits per heavy atom. The number of hydrogen-bond donors (Lipinski definition) is 0. The summed E-state index contributed by atoms with van der Waals surface area (Å²) in [5.74, 6) is 3.21. The first-order valence-electron chi connectivity index (χ1n) is 9.80. The molecule has 4 aliphatic carbocycles. The Morgan fingerprint density at radius 3 is 2.83 bits per heavy atom. The SMILES string of the molecule is C=CC[C@@]1(C#N)CC[C@H]2[C@@H]3CCC4=CC(=O)CC[C@@H]4[C@H]3CC[C@@]21C. The molecule has 4 rings (SSSR count). The summed E-state index contributed by atoms with van der Waals surface area (Å²) in [5.41, 5.74) is 1.41. The van der Waals surface area contributed by atoms with Gasteiger partial charge in [0.25, 0.3) is 0 Å². The van der Waals surface area contributed by atoms with E-state index in [9.17, 15) is 10.1 Å². The van der Waals surface area contributed by atoms with E-state index in [1.54, 1.807) is 0 Å². The zero-order valence-electron chi connectivity index (χ0n) is 14.9. The van der Waals surface area contributed by atoms with Crippen LogP contribution in [-0.2, 0) is 4.79 Å². The van der Waals surface area contributed by atoms with Gasteiger partial charge in [-0.2, -0.15) is 5.26 Å². The standard InChI is InChI=1S/C22H29NO/c1-3-10-22(14-23)12-9-20-19-6-4-15-13-16(24)5-7-17(15)18(19)8-11-21(20,22)2/h3,13,17-20H,1,4-12H2,2H3/t17-,18+,19+,20-,21-,22-/m0/s1. The molecule has 0 aromatic rings. The van der Waals surface area contributed by atoms with E-state index in [2.05, 4.69) is 19.6 Å². The number of fused-ring (bicyclic) bond motifs is 5. The molecule has 3 saturated carbocycles. The number of nitriles is 1. The topological polar surface area (TPSA) is 40.9 Å². The van der Waals surface area contributed by atoms with Gasteiger partial charge >= 0.3 is 0 Å². The van der Waals surface area contributed by atoms with E-state index in [-0.39, 0.29) is 10.8 Å². The van der Waals surface area contributed by atoms with Crippen molar-refractivity contribution in [2.75, 3.05) is 0 Å². The second kappa shape index (κ2) is 5.58. The first kappa shape index (κ1) is 16.1. The van der Waals surface area contributed by atoms with Crippen LogP contribution >= 0.6 is 0 Å². The summed E-state index contributed by atoms with van der Waals surface area (Å²) in [4.78, 5) is 11.8. The van der Waals surface area contributed by atoms with E-state index >= 15 is 0 Å². The van der Waals surface area contributed by atoms with Crippen molar-refractivity contribution in [1.29, 1.82) is 5.26 Å². The summed E-state index contributed by atoms with van der Waals surface area (Å²) in [6.07, 6.45) is 13.6. The van der Waals surface area contributed by atoms with Crippen LogP contribution in [0.4, 0.5) is 0 Å². The lowest BCUT2D eigenvalue weighted by atomic mass is 9.48. The molecule has 0 N–H and O–H groups in total. The van der Waals surface area contributed by atoms with Crippen molar-refractivity contribution in [3.05, 3.63) is 24.3 Å². The highest BCUT2D eigenvalue weighted by Gasteiger charge is 2.62. The molecule has 2 heteroatoms. The van der Waals surface area contributed by atoms with Gasteiger partial charge in [0.2, 0.25) is 0 Å². The number of rotatable bonds is 2. The lowest BCUT2D eigenvalue weighted by molar-refractivity contribution is -0.116. The molecule has 3 fully saturated rings. The van der Waals surface area contributed by atoms with Crippen molar-refractivity contribution in [1.82, 2.24) is 0 Å². The van der Waals surface area contributed by atoms with Gasteiger partial charge in [0.1, 0.15) is 0 Å². The van der Waals surface area contributed by atoms with Gasteiger partial charge in [0.15, 0.2) is 5.78 Å². The summed E-state index contributed by atoms with van der Waals surface area (Å²) in [6, 6.07) is 2.75. The first-order valence-corrected chi connectivity index (χ1v) is 9.80. The fourth-order valence-corrected chi connectivity index (χ4v) is 7.13. The van der Waals surface area contributed by atoms with Crippen LogP contribution in [0.5, 0.6) is 0 Å². The quantitative estimate of drug-likeness (QED) is 0.654. The van der Waals surface area contributed by atoms with Crippen molar-refractivity contribution in [2.45, 2.75) is 64.7 Å². The van der Waals surface area contributed by atoms with Gasteiger partial charge in [0.05, 0.1) is 11.5 Å². The van der Waals surface area contributed by atoms with Gasteiger partial charge in [-0.25, -0.2) is 0 Å². The third-order valence-electron chi connectivity index (χ3n) is 8.37. The maximum Gasteiger partial charge on any atom is 0.155 e. The molecule has 0 saturated heterocycles. The van der Waals surface area contributed by atoms with Gasteiger partial charge in [-0.05, 0) is 86.5 Å². The summed E-state index contributed by atoms with van der Waals surface area (Å²) >= 11 is 0. The molecule has 0 spiro atoms. The van der Waals surface area contributed by atoms with Crippen LogP contribution in [-0.4, -0.2) is 5.78 Å². The smallest absolute Gasteiger partial charge is 0.155 e. The lowest BCUT2D eigenvalue weighted by Crippen LogP contribution is -2.49. The minimum Gasteiger partial charge on any atom is -0.295 e. The van der Waals surface area contributed by atoms with Crippen LogP contribution in [0.1, 0.15) is 64.7 Å². The maximum absolute atomic E-state index is 11.8. The van der Waals surface area contributed by atoms with Crippen LogP contribution in [0.15, 0.2) is 24.3 Å². The summed E-state index contributed by atoms with van der Waals surface area (Å²) in [7, 11) is 0. The Morgan fingerprint density at radius 2 is 2.08 bits per heavy atom. The molecule has 0 bridgehead atoms. The Balaban J connectivity index is 1.65. The van der Waals surface area contributed by atoms with E-state index in [1.807, 2.05) is 12.2 Å². The minimum atomic E-state index is -0.191. The van der Waals surface area contributed by atoms with E-state index in [1.165, 1.54) is 31.3 Å². The van der Waals surface area contributed by atoms with Crippen molar-refractivity contribution < 1.29 is 4.79 Å². The van der Waals surface area contributed by atoms with Crippen LogP contribution in [0, 0.1) is 45.8 Å². The summed E-state index contributed by atoms with van der Waals surface area (Å²) in [5, 5.41) is 10.0. The highest BCUT2D eigenvalue weighted by atomic mass is 16.1. The second-order valence-electron chi connectivity index (χ2n) is 8.99. The summed E-state index contributed by atoms with van der Waals surface area (Å²) in [6.45, 7) is 6.34. The molecule has 0 unspecified atom stereocenters. The number of nitrogens with zero attached hydrogens (tertiary/aromatic N) is 1. The van der Waals surface area contributed by atoms with E-state index in [4.69, 9.17) is 0 Å². The zero-order valence-corrected chi connectivity index (χ0v) is 14.9. The molecule has 0 aromatic carbocycles. The van der Waals surface area contributed by atoms with Gasteiger partial charge in [-0.1, -0.05) is 18.6 Å². The largest absolute Gasteiger partial charge is 0.295 e. The molecule has 0 radical (unpaired) electrons. The zero-order chi connectivity index (χ0) is 16.9. The molecular formula is C22H29NO. The van der Waals surface area contributed by atoms with Gasteiger partial charge in [-0.15, -0.1) is 6.58 Å². The fraction of sp³-hybridized carbons (Fsp3) is 0.727. The molecule has 0 amide bonds. The predicted octanol–water partition coefficient (Wildman–Crippen LogP) is 5.21. The summed E-state index contributed by atoms with van der Waals surface area (Å²) < 4.78 is 0. The van der Waals surface area contributed by atoms with Crippen molar-refractivity contribution in [3.63, 3.8) is 0 Å². The molecular weight excluding hydrogens is 294 g/mol. The third kappa shape index (κ3) is 2.03. The number of allylic oxidation sites excluding steroid dienone is 2. The number of ketones is 1. The molecule has 24 heavy (non-hydrogen) atoms. The maximum atomic E-state index is 11.8. The second-order valence-corrected chi connectivity index (χ2v) is 8.99. The predicted molar refractivity (Wildman–Crippen MR) is 95.0 cm³/mol. The molecule has 0 aliphatic heterocycles. The molecule has 2 nitrogen and oxygen atoms in total. The van der Waals surface area contributed by atoms with E-state index in [0.717, 1.165) is 43.9 Å². The highest BCUT2D eigenvalue weighted by Crippen LogP contribution is 2.68. The monoisotopic (exact) mass is 323 g/mol. The molecule has 0 aromatic heterocycles. The minimum absolute atomic E-state index is 0.156. The molecule has 0 heterocycles. The normalized spacial score (nSPS) is 47.0. The van der Waals surface area contributed by atoms with Crippen LogP contribution in [0.25, 0.3) is 0 Å². The molecule has 6 atom stereocenters. The van der Waals surface area contributed by atoms with E-state index in [0.29, 0.717) is 17.6 Å². The average molecular weight is 323 g/mol. The van der Waals surface area contributed by atoms with Gasteiger partial charge < -0.3 is 0 Å². The average Bonchev–Trinajstić information content (AvgIpc) is 2.88. The number of carbonyl (C=O) groups excluding carboxylic acids is 1. The fourth-order valence-electron chi connectivity index (χ4n) is 7.13. The van der Waals surface area contributed by atoms with Crippen LogP contribution < -0.4 is 0 Å². The van der Waals surface area contributed by atoms with Gasteiger partial charge in [0, 0.05) is 6.42 Å². The Hall–Kier alpha value is -1.36. The van der Waals surface area contributed by atoms with E-state index < -0.39 is 0 Å². The van der Waals surface area contributed by atoms with Crippen molar-refractivity contribution >= 4 is 5.78 Å². The van der Waals surface area contributed by atoms with Crippen molar-refractivity contribution in [2.24, 2.45) is 34.5 Å². The molecule has 4 aliphatic rings.